The predicted molar refractivity (Wildman–Crippen MR) is 60.3 cm³/mol. The molecule has 4 heteroatoms. The van der Waals surface area contributed by atoms with Gasteiger partial charge in [0.05, 0.1) is 18.9 Å². The highest BCUT2D eigenvalue weighted by Crippen LogP contribution is 2.04. The highest BCUT2D eigenvalue weighted by atomic mass is 16.5. The fourth-order valence-electron chi connectivity index (χ4n) is 0.760. The van der Waals surface area contributed by atoms with Crippen LogP contribution in [-0.4, -0.2) is 19.0 Å². The van der Waals surface area contributed by atoms with Crippen LogP contribution in [0.2, 0.25) is 0 Å². The van der Waals surface area contributed by atoms with Crippen molar-refractivity contribution >= 4 is 11.9 Å². The number of methoxy groups -OCH3 is 1. The summed E-state index contributed by atoms with van der Waals surface area (Å²) >= 11 is 0. The predicted octanol–water partition coefficient (Wildman–Crippen LogP) is 1.90. The lowest BCUT2D eigenvalue weighted by molar-refractivity contribution is -0.135. The third-order valence-corrected chi connectivity index (χ3v) is 1.55. The molecule has 0 rings (SSSR count). The fourth-order valence-corrected chi connectivity index (χ4v) is 0.760. The third-order valence-electron chi connectivity index (χ3n) is 1.55. The largest absolute Gasteiger partial charge is 0.465 e. The molecule has 0 saturated heterocycles. The molecule has 86 valence electrons. The summed E-state index contributed by atoms with van der Waals surface area (Å²) in [6, 6.07) is 0. The molecule has 0 aliphatic rings. The van der Waals surface area contributed by atoms with Gasteiger partial charge in [0.25, 0.3) is 0 Å². The molecule has 0 amide bonds. The Morgan fingerprint density at radius 3 is 2.38 bits per heavy atom. The summed E-state index contributed by atoms with van der Waals surface area (Å²) in [5.74, 6) is -1.16. The van der Waals surface area contributed by atoms with Crippen molar-refractivity contribution in [2.75, 3.05) is 7.11 Å². The first-order chi connectivity index (χ1) is 7.52. The topological polar surface area (TPSA) is 52.6 Å². The molecule has 0 aliphatic carbocycles. The molecule has 0 N–H and O–H groups in total. The molecule has 0 aromatic rings. The molecule has 0 radical (unpaired) electrons. The zero-order valence-electron chi connectivity index (χ0n) is 9.36. The van der Waals surface area contributed by atoms with Crippen LogP contribution in [0.1, 0.15) is 6.92 Å². The van der Waals surface area contributed by atoms with Gasteiger partial charge in [0.1, 0.15) is 0 Å². The maximum Gasteiger partial charge on any atom is 0.338 e. The van der Waals surface area contributed by atoms with Gasteiger partial charge in [-0.15, -0.1) is 0 Å². The fraction of sp³-hybridized carbons (Fsp3) is 0.167. The molecule has 0 bridgehead atoms. The highest BCUT2D eigenvalue weighted by molar-refractivity contribution is 5.95. The van der Waals surface area contributed by atoms with E-state index in [1.54, 1.807) is 0 Å². The number of hydrogen-bond donors (Lipinski definition) is 0. The average molecular weight is 222 g/mol. The molecule has 0 fully saturated rings. The summed E-state index contributed by atoms with van der Waals surface area (Å²) < 4.78 is 9.13. The Kier molecular flexibility index (Phi) is 6.28. The highest BCUT2D eigenvalue weighted by Gasteiger charge is 2.08. The number of carbonyl (C=O) groups excluding carboxylic acids is 2. The zero-order valence-corrected chi connectivity index (χ0v) is 9.36. The van der Waals surface area contributed by atoms with Gasteiger partial charge in [-0.3, -0.25) is 0 Å². The van der Waals surface area contributed by atoms with Crippen molar-refractivity contribution in [3.8, 4) is 0 Å². The van der Waals surface area contributed by atoms with Gasteiger partial charge in [-0.1, -0.05) is 19.2 Å². The second kappa shape index (κ2) is 7.23. The molecule has 0 aromatic heterocycles. The van der Waals surface area contributed by atoms with Gasteiger partial charge in [0, 0.05) is 5.57 Å². The van der Waals surface area contributed by atoms with Gasteiger partial charge in [0.2, 0.25) is 0 Å². The van der Waals surface area contributed by atoms with Crippen LogP contribution in [0.5, 0.6) is 0 Å². The first kappa shape index (κ1) is 13.9. The maximum atomic E-state index is 11.3. The van der Waals surface area contributed by atoms with Crippen molar-refractivity contribution in [2.24, 2.45) is 0 Å². The van der Waals surface area contributed by atoms with E-state index in [1.807, 2.05) is 0 Å². The third kappa shape index (κ3) is 4.95. The SMILES string of the molecule is C=CC=COC(=O)C(C)=CC(=C)C(=O)OC. The van der Waals surface area contributed by atoms with E-state index in [0.29, 0.717) is 0 Å². The number of hydrogen-bond acceptors (Lipinski definition) is 4. The van der Waals surface area contributed by atoms with Crippen molar-refractivity contribution in [3.63, 3.8) is 0 Å². The monoisotopic (exact) mass is 222 g/mol. The van der Waals surface area contributed by atoms with Gasteiger partial charge < -0.3 is 9.47 Å². The summed E-state index contributed by atoms with van der Waals surface area (Å²) in [7, 11) is 1.24. The number of ether oxygens (including phenoxy) is 2. The van der Waals surface area contributed by atoms with E-state index in [-0.39, 0.29) is 11.1 Å². The quantitative estimate of drug-likeness (QED) is 0.308. The van der Waals surface area contributed by atoms with Crippen molar-refractivity contribution in [3.05, 3.63) is 48.8 Å². The van der Waals surface area contributed by atoms with E-state index in [0.717, 1.165) is 0 Å². The average Bonchev–Trinajstić information content (AvgIpc) is 2.27. The van der Waals surface area contributed by atoms with Crippen LogP contribution in [0.25, 0.3) is 0 Å². The van der Waals surface area contributed by atoms with Gasteiger partial charge in [-0.25, -0.2) is 9.59 Å². The first-order valence-electron chi connectivity index (χ1n) is 4.47. The minimum absolute atomic E-state index is 0.0876. The lowest BCUT2D eigenvalue weighted by atomic mass is 10.2. The second-order valence-electron chi connectivity index (χ2n) is 2.81. The molecule has 0 atom stereocenters. The molecule has 0 aromatic carbocycles. The maximum absolute atomic E-state index is 11.3. The van der Waals surface area contributed by atoms with E-state index < -0.39 is 11.9 Å². The Bertz CT molecular complexity index is 361. The molecular weight excluding hydrogens is 208 g/mol. The van der Waals surface area contributed by atoms with Gasteiger partial charge in [-0.2, -0.15) is 0 Å². The van der Waals surface area contributed by atoms with E-state index in [4.69, 9.17) is 4.74 Å². The first-order valence-corrected chi connectivity index (χ1v) is 4.47. The summed E-state index contributed by atoms with van der Waals surface area (Å²) in [5, 5.41) is 0. The van der Waals surface area contributed by atoms with E-state index in [2.05, 4.69) is 17.9 Å². The van der Waals surface area contributed by atoms with Crippen molar-refractivity contribution in [2.45, 2.75) is 6.92 Å². The van der Waals surface area contributed by atoms with E-state index in [1.165, 1.54) is 38.5 Å². The number of allylic oxidation sites excluding steroid dienone is 2. The Morgan fingerprint density at radius 1 is 1.25 bits per heavy atom. The van der Waals surface area contributed by atoms with Crippen LogP contribution in [0.15, 0.2) is 48.8 Å². The Labute approximate surface area is 94.5 Å². The number of esters is 2. The van der Waals surface area contributed by atoms with Crippen LogP contribution in [0, 0.1) is 0 Å². The molecule has 0 unspecified atom stereocenters. The van der Waals surface area contributed by atoms with Crippen molar-refractivity contribution < 1.29 is 19.1 Å². The summed E-state index contributed by atoms with van der Waals surface area (Å²) in [5.41, 5.74) is 0.341. The van der Waals surface area contributed by atoms with Crippen molar-refractivity contribution in [1.29, 1.82) is 0 Å². The van der Waals surface area contributed by atoms with Crippen LogP contribution in [0.4, 0.5) is 0 Å². The summed E-state index contributed by atoms with van der Waals surface area (Å²) in [6.45, 7) is 8.38. The molecular formula is C12H14O4. The molecule has 0 spiro atoms. The molecule has 16 heavy (non-hydrogen) atoms. The standard InChI is InChI=1S/C12H14O4/c1-5-6-7-16-12(14)10(3)8-9(2)11(13)15-4/h5-8H,1-2H2,3-4H3. The molecule has 4 nitrogen and oxygen atoms in total. The summed E-state index contributed by atoms with van der Waals surface area (Å²) in [4.78, 5) is 22.3. The second-order valence-corrected chi connectivity index (χ2v) is 2.81. The van der Waals surface area contributed by atoms with Crippen LogP contribution < -0.4 is 0 Å². The van der Waals surface area contributed by atoms with Gasteiger partial charge >= 0.3 is 11.9 Å². The molecule has 0 aliphatic heterocycles. The van der Waals surface area contributed by atoms with Crippen molar-refractivity contribution in [1.82, 2.24) is 0 Å². The minimum Gasteiger partial charge on any atom is -0.465 e. The number of carbonyl (C=O) groups is 2. The van der Waals surface area contributed by atoms with Crippen LogP contribution >= 0.6 is 0 Å². The van der Waals surface area contributed by atoms with Crippen LogP contribution in [0.3, 0.4) is 0 Å². The zero-order chi connectivity index (χ0) is 12.6. The molecule has 0 heterocycles. The van der Waals surface area contributed by atoms with E-state index in [9.17, 15) is 9.59 Å². The van der Waals surface area contributed by atoms with E-state index >= 15 is 0 Å². The normalized spacial score (nSPS) is 11.0. The lowest BCUT2D eigenvalue weighted by Crippen LogP contribution is -2.05. The Hall–Kier alpha value is -2.10. The smallest absolute Gasteiger partial charge is 0.338 e. The van der Waals surface area contributed by atoms with Gasteiger partial charge in [0.15, 0.2) is 0 Å². The Morgan fingerprint density at radius 2 is 1.88 bits per heavy atom. The molecule has 0 saturated carbocycles. The van der Waals surface area contributed by atoms with Crippen LogP contribution in [-0.2, 0) is 19.1 Å². The lowest BCUT2D eigenvalue weighted by Gasteiger charge is -2.00. The van der Waals surface area contributed by atoms with Gasteiger partial charge in [-0.05, 0) is 19.1 Å². The Balaban J connectivity index is 4.48. The summed E-state index contributed by atoms with van der Waals surface area (Å²) in [6.07, 6.45) is 5.45. The minimum atomic E-state index is -0.589. The number of rotatable bonds is 5.